The number of para-hydroxylation sites is 1. The number of carbonyl (C=O) groups is 1. The van der Waals surface area contributed by atoms with Crippen molar-refractivity contribution < 1.29 is 9.18 Å². The van der Waals surface area contributed by atoms with Crippen LogP contribution < -0.4 is 5.56 Å². The van der Waals surface area contributed by atoms with Gasteiger partial charge in [0.15, 0.2) is 5.78 Å². The molecule has 0 aliphatic heterocycles. The maximum Gasteiger partial charge on any atom is 0.260 e. The summed E-state index contributed by atoms with van der Waals surface area (Å²) in [4.78, 5) is 28.6. The molecule has 0 aliphatic rings. The lowest BCUT2D eigenvalue weighted by Crippen LogP contribution is -2.18. The predicted molar refractivity (Wildman–Crippen MR) is 115 cm³/mol. The summed E-state index contributed by atoms with van der Waals surface area (Å²) in [5.41, 5.74) is 2.03. The van der Waals surface area contributed by atoms with E-state index in [2.05, 4.69) is 4.98 Å². The van der Waals surface area contributed by atoms with Crippen molar-refractivity contribution in [1.29, 1.82) is 0 Å². The molecule has 0 spiro atoms. The van der Waals surface area contributed by atoms with Crippen molar-refractivity contribution in [3.8, 4) is 11.1 Å². The molecular formula is C24H15ClFNO2. The minimum Gasteiger partial charge on any atom is -0.321 e. The molecule has 0 fully saturated rings. The number of allylic oxidation sites excluding steroid dienone is 1. The Balaban J connectivity index is 1.87. The van der Waals surface area contributed by atoms with E-state index in [0.717, 1.165) is 10.9 Å². The van der Waals surface area contributed by atoms with Crippen LogP contribution in [0.15, 0.2) is 83.7 Å². The molecule has 29 heavy (non-hydrogen) atoms. The van der Waals surface area contributed by atoms with Gasteiger partial charge in [-0.25, -0.2) is 4.39 Å². The fraction of sp³-hybridized carbons (Fsp3) is 0. The second-order valence-electron chi connectivity index (χ2n) is 6.49. The molecule has 0 unspecified atom stereocenters. The Morgan fingerprint density at radius 1 is 0.966 bits per heavy atom. The molecule has 0 radical (unpaired) electrons. The molecule has 0 bridgehead atoms. The van der Waals surface area contributed by atoms with Crippen molar-refractivity contribution in [2.75, 3.05) is 0 Å². The summed E-state index contributed by atoms with van der Waals surface area (Å²) in [5, 5.41) is 0.776. The van der Waals surface area contributed by atoms with Crippen molar-refractivity contribution in [1.82, 2.24) is 4.98 Å². The summed E-state index contributed by atoms with van der Waals surface area (Å²) in [6, 6.07) is 20.9. The first-order valence-corrected chi connectivity index (χ1v) is 9.30. The highest BCUT2D eigenvalue weighted by Crippen LogP contribution is 2.30. The van der Waals surface area contributed by atoms with E-state index in [1.54, 1.807) is 12.1 Å². The van der Waals surface area contributed by atoms with E-state index in [1.807, 2.05) is 48.5 Å². The van der Waals surface area contributed by atoms with Gasteiger partial charge in [0.25, 0.3) is 5.56 Å². The van der Waals surface area contributed by atoms with Crippen LogP contribution in [-0.2, 0) is 0 Å². The second kappa shape index (κ2) is 7.86. The third kappa shape index (κ3) is 3.75. The topological polar surface area (TPSA) is 49.9 Å². The van der Waals surface area contributed by atoms with Crippen LogP contribution in [0.3, 0.4) is 0 Å². The molecule has 3 aromatic carbocycles. The molecular weight excluding hydrogens is 389 g/mol. The molecule has 1 heterocycles. The van der Waals surface area contributed by atoms with Gasteiger partial charge in [-0.15, -0.1) is 0 Å². The third-order valence-electron chi connectivity index (χ3n) is 4.60. The van der Waals surface area contributed by atoms with Gasteiger partial charge in [-0.3, -0.25) is 9.59 Å². The number of fused-ring (bicyclic) bond motifs is 1. The van der Waals surface area contributed by atoms with E-state index < -0.39 is 17.2 Å². The van der Waals surface area contributed by atoms with Crippen molar-refractivity contribution >= 4 is 34.4 Å². The molecule has 0 amide bonds. The maximum absolute atomic E-state index is 13.6. The Kier molecular flexibility index (Phi) is 5.10. The van der Waals surface area contributed by atoms with Gasteiger partial charge in [0.2, 0.25) is 0 Å². The van der Waals surface area contributed by atoms with Gasteiger partial charge in [-0.05, 0) is 35.4 Å². The maximum atomic E-state index is 13.6. The summed E-state index contributed by atoms with van der Waals surface area (Å²) in [6.45, 7) is 0. The third-order valence-corrected chi connectivity index (χ3v) is 4.91. The van der Waals surface area contributed by atoms with Crippen LogP contribution in [0.5, 0.6) is 0 Å². The van der Waals surface area contributed by atoms with E-state index >= 15 is 0 Å². The number of halogens is 2. The van der Waals surface area contributed by atoms with Crippen LogP contribution in [0.4, 0.5) is 4.39 Å². The summed E-state index contributed by atoms with van der Waals surface area (Å²) >= 11 is 5.69. The van der Waals surface area contributed by atoms with E-state index in [0.29, 0.717) is 16.6 Å². The predicted octanol–water partition coefficient (Wildman–Crippen LogP) is 5.88. The van der Waals surface area contributed by atoms with Crippen LogP contribution in [0.2, 0.25) is 5.02 Å². The largest absolute Gasteiger partial charge is 0.321 e. The smallest absolute Gasteiger partial charge is 0.260 e. The quantitative estimate of drug-likeness (QED) is 0.341. The summed E-state index contributed by atoms with van der Waals surface area (Å²) in [6.07, 6.45) is 2.74. The van der Waals surface area contributed by atoms with Gasteiger partial charge < -0.3 is 4.98 Å². The fourth-order valence-corrected chi connectivity index (χ4v) is 3.37. The number of aromatic amines is 1. The average molecular weight is 404 g/mol. The Morgan fingerprint density at radius 3 is 2.45 bits per heavy atom. The molecule has 0 saturated heterocycles. The van der Waals surface area contributed by atoms with E-state index in [4.69, 9.17) is 11.6 Å². The van der Waals surface area contributed by atoms with Crippen LogP contribution in [0.1, 0.15) is 15.9 Å². The number of hydrogen-bond acceptors (Lipinski definition) is 2. The monoisotopic (exact) mass is 403 g/mol. The summed E-state index contributed by atoms with van der Waals surface area (Å²) in [5.74, 6) is -1.04. The number of rotatable bonds is 4. The van der Waals surface area contributed by atoms with Crippen molar-refractivity contribution in [2.24, 2.45) is 0 Å². The molecule has 142 valence electrons. The van der Waals surface area contributed by atoms with Gasteiger partial charge in [0.1, 0.15) is 5.82 Å². The molecule has 0 aliphatic carbocycles. The van der Waals surface area contributed by atoms with Gasteiger partial charge in [0, 0.05) is 16.5 Å². The first-order chi connectivity index (χ1) is 14.0. The first kappa shape index (κ1) is 18.8. The van der Waals surface area contributed by atoms with E-state index in [9.17, 15) is 14.0 Å². The van der Waals surface area contributed by atoms with Crippen LogP contribution >= 0.6 is 11.6 Å². The lowest BCUT2D eigenvalue weighted by molar-refractivity contribution is 0.104. The lowest BCUT2D eigenvalue weighted by atomic mass is 9.94. The number of carbonyl (C=O) groups excluding carboxylic acids is 1. The number of pyridine rings is 1. The molecule has 0 saturated carbocycles. The average Bonchev–Trinajstić information content (AvgIpc) is 2.74. The Labute approximate surface area is 171 Å². The fourth-order valence-electron chi connectivity index (χ4n) is 3.25. The zero-order chi connectivity index (χ0) is 20.4. The van der Waals surface area contributed by atoms with E-state index in [-0.39, 0.29) is 10.6 Å². The Bertz CT molecular complexity index is 1310. The first-order valence-electron chi connectivity index (χ1n) is 8.92. The second-order valence-corrected chi connectivity index (χ2v) is 6.89. The molecule has 3 nitrogen and oxygen atoms in total. The van der Waals surface area contributed by atoms with Crippen molar-refractivity contribution in [3.63, 3.8) is 0 Å². The number of nitrogens with one attached hydrogen (secondary N) is 1. The zero-order valence-electron chi connectivity index (χ0n) is 15.2. The lowest BCUT2D eigenvalue weighted by Gasteiger charge is -2.11. The molecule has 0 atom stereocenters. The normalized spacial score (nSPS) is 11.2. The molecule has 4 aromatic rings. The minimum atomic E-state index is -0.574. The summed E-state index contributed by atoms with van der Waals surface area (Å²) in [7, 11) is 0. The Hall–Kier alpha value is -3.50. The van der Waals surface area contributed by atoms with E-state index in [1.165, 1.54) is 24.3 Å². The molecule has 5 heteroatoms. The Morgan fingerprint density at radius 2 is 1.69 bits per heavy atom. The van der Waals surface area contributed by atoms with Gasteiger partial charge >= 0.3 is 0 Å². The van der Waals surface area contributed by atoms with Crippen LogP contribution in [0.25, 0.3) is 28.1 Å². The van der Waals surface area contributed by atoms with Crippen molar-refractivity contribution in [2.45, 2.75) is 0 Å². The molecule has 4 rings (SSSR count). The van der Waals surface area contributed by atoms with Crippen LogP contribution in [-0.4, -0.2) is 10.8 Å². The van der Waals surface area contributed by atoms with Gasteiger partial charge in [-0.2, -0.15) is 0 Å². The SMILES string of the molecule is O=C(/C=C/c1ccc(Cl)c(F)c1)c1c(-c2ccccc2)c2ccccc2[nH]c1=O. The van der Waals surface area contributed by atoms with Crippen LogP contribution in [0, 0.1) is 5.82 Å². The van der Waals surface area contributed by atoms with Gasteiger partial charge in [-0.1, -0.05) is 72.3 Å². The number of ketones is 1. The highest BCUT2D eigenvalue weighted by molar-refractivity contribution is 6.30. The number of aromatic nitrogens is 1. The number of benzene rings is 3. The minimum absolute atomic E-state index is 0.00538. The highest BCUT2D eigenvalue weighted by Gasteiger charge is 2.18. The molecule has 1 N–H and O–H groups in total. The zero-order valence-corrected chi connectivity index (χ0v) is 15.9. The number of H-pyrrole nitrogens is 1. The highest BCUT2D eigenvalue weighted by atomic mass is 35.5. The molecule has 1 aromatic heterocycles. The standard InChI is InChI=1S/C24H15ClFNO2/c25-18-12-10-15(14-19(18)26)11-13-21(28)23-22(16-6-2-1-3-7-16)17-8-4-5-9-20(17)27-24(23)29/h1-14H,(H,27,29)/b13-11+. The summed E-state index contributed by atoms with van der Waals surface area (Å²) < 4.78 is 13.6. The number of hydrogen-bond donors (Lipinski definition) is 1. The van der Waals surface area contributed by atoms with Crippen molar-refractivity contribution in [3.05, 3.63) is 111 Å². The van der Waals surface area contributed by atoms with Gasteiger partial charge in [0.05, 0.1) is 10.6 Å².